The van der Waals surface area contributed by atoms with Crippen molar-refractivity contribution in [2.24, 2.45) is 0 Å². The Balaban J connectivity index is 1.91. The molecule has 21 heavy (non-hydrogen) atoms. The van der Waals surface area contributed by atoms with E-state index in [2.05, 4.69) is 5.32 Å². The van der Waals surface area contributed by atoms with Gasteiger partial charge in [-0.05, 0) is 55.0 Å². The van der Waals surface area contributed by atoms with Gasteiger partial charge in [0.1, 0.15) is 5.75 Å². The maximum absolute atomic E-state index is 12.0. The zero-order valence-corrected chi connectivity index (χ0v) is 13.4. The van der Waals surface area contributed by atoms with E-state index in [0.717, 1.165) is 21.9 Å². The van der Waals surface area contributed by atoms with Crippen molar-refractivity contribution in [3.8, 4) is 5.75 Å². The van der Waals surface area contributed by atoms with Crippen LogP contribution in [-0.2, 0) is 4.79 Å². The average molecular weight is 322 g/mol. The summed E-state index contributed by atoms with van der Waals surface area (Å²) in [5.74, 6) is 1.09. The minimum absolute atomic E-state index is 0.0387. The lowest BCUT2D eigenvalue weighted by Crippen LogP contribution is -2.14. The molecule has 0 spiro atoms. The molecule has 0 saturated heterocycles. The van der Waals surface area contributed by atoms with Crippen LogP contribution in [0.15, 0.2) is 47.4 Å². The van der Waals surface area contributed by atoms with Gasteiger partial charge >= 0.3 is 0 Å². The van der Waals surface area contributed by atoms with Gasteiger partial charge in [-0.25, -0.2) is 0 Å². The molecule has 3 nitrogen and oxygen atoms in total. The van der Waals surface area contributed by atoms with Crippen LogP contribution >= 0.6 is 23.4 Å². The standard InChI is InChI=1S/C16H16ClNO2S/c1-11-9-13(20-2)5-8-15(11)18-16(19)10-21-14-6-3-12(17)4-7-14/h3-9H,10H2,1-2H3,(H,18,19). The van der Waals surface area contributed by atoms with Gasteiger partial charge in [-0.15, -0.1) is 11.8 Å². The number of benzene rings is 2. The molecule has 5 heteroatoms. The Morgan fingerprint density at radius 2 is 1.95 bits per heavy atom. The average Bonchev–Trinajstić information content (AvgIpc) is 2.48. The van der Waals surface area contributed by atoms with Crippen molar-refractivity contribution in [3.05, 3.63) is 53.1 Å². The van der Waals surface area contributed by atoms with Gasteiger partial charge in [0.05, 0.1) is 12.9 Å². The molecule has 0 aromatic heterocycles. The van der Waals surface area contributed by atoms with E-state index in [9.17, 15) is 4.79 Å². The molecule has 110 valence electrons. The summed E-state index contributed by atoms with van der Waals surface area (Å²) in [5, 5.41) is 3.59. The third kappa shape index (κ3) is 4.69. The highest BCUT2D eigenvalue weighted by molar-refractivity contribution is 8.00. The van der Waals surface area contributed by atoms with Crippen molar-refractivity contribution in [2.45, 2.75) is 11.8 Å². The number of anilines is 1. The fourth-order valence-corrected chi connectivity index (χ4v) is 2.59. The van der Waals surface area contributed by atoms with E-state index in [1.165, 1.54) is 11.8 Å². The van der Waals surface area contributed by atoms with Gasteiger partial charge in [-0.2, -0.15) is 0 Å². The number of thioether (sulfide) groups is 1. The molecule has 2 aromatic carbocycles. The summed E-state index contributed by atoms with van der Waals surface area (Å²) in [6.45, 7) is 1.93. The maximum Gasteiger partial charge on any atom is 0.234 e. The quantitative estimate of drug-likeness (QED) is 0.830. The van der Waals surface area contributed by atoms with Gasteiger partial charge in [0.2, 0.25) is 5.91 Å². The van der Waals surface area contributed by atoms with E-state index in [1.807, 2.05) is 49.4 Å². The van der Waals surface area contributed by atoms with E-state index in [-0.39, 0.29) is 5.91 Å². The number of halogens is 1. The van der Waals surface area contributed by atoms with Crippen LogP contribution in [0.1, 0.15) is 5.56 Å². The van der Waals surface area contributed by atoms with Gasteiger partial charge in [0.25, 0.3) is 0 Å². The van der Waals surface area contributed by atoms with Crippen LogP contribution in [0.2, 0.25) is 5.02 Å². The minimum atomic E-state index is -0.0387. The van der Waals surface area contributed by atoms with Crippen LogP contribution in [0.4, 0.5) is 5.69 Å². The maximum atomic E-state index is 12.0. The molecule has 0 heterocycles. The largest absolute Gasteiger partial charge is 0.497 e. The first-order chi connectivity index (χ1) is 10.1. The van der Waals surface area contributed by atoms with Crippen molar-refractivity contribution in [1.82, 2.24) is 0 Å². The molecule has 1 amide bonds. The number of amides is 1. The zero-order chi connectivity index (χ0) is 15.2. The summed E-state index contributed by atoms with van der Waals surface area (Å²) in [4.78, 5) is 13.0. The number of rotatable bonds is 5. The summed E-state index contributed by atoms with van der Waals surface area (Å²) < 4.78 is 5.14. The van der Waals surface area contributed by atoms with Gasteiger partial charge in [0.15, 0.2) is 0 Å². The van der Waals surface area contributed by atoms with Crippen molar-refractivity contribution >= 4 is 35.0 Å². The zero-order valence-electron chi connectivity index (χ0n) is 11.9. The Morgan fingerprint density at radius 1 is 1.24 bits per heavy atom. The van der Waals surface area contributed by atoms with Crippen molar-refractivity contribution < 1.29 is 9.53 Å². The van der Waals surface area contributed by atoms with Crippen LogP contribution < -0.4 is 10.1 Å². The number of hydrogen-bond acceptors (Lipinski definition) is 3. The molecule has 0 fully saturated rings. The second-order valence-corrected chi connectivity index (χ2v) is 5.96. The molecule has 0 bridgehead atoms. The van der Waals surface area contributed by atoms with E-state index >= 15 is 0 Å². The predicted molar refractivity (Wildman–Crippen MR) is 88.5 cm³/mol. The Bertz CT molecular complexity index is 629. The second kappa shape index (κ2) is 7.38. The fraction of sp³-hybridized carbons (Fsp3) is 0.188. The first-order valence-electron chi connectivity index (χ1n) is 6.41. The van der Waals surface area contributed by atoms with E-state index in [1.54, 1.807) is 7.11 Å². The molecule has 0 radical (unpaired) electrons. The van der Waals surface area contributed by atoms with Crippen LogP contribution in [0, 0.1) is 6.92 Å². The highest BCUT2D eigenvalue weighted by Crippen LogP contribution is 2.23. The third-order valence-electron chi connectivity index (χ3n) is 2.89. The van der Waals surface area contributed by atoms with Crippen LogP contribution in [0.5, 0.6) is 5.75 Å². The normalized spacial score (nSPS) is 10.2. The van der Waals surface area contributed by atoms with E-state index in [4.69, 9.17) is 16.3 Å². The molecule has 0 unspecified atom stereocenters. The lowest BCUT2D eigenvalue weighted by molar-refractivity contribution is -0.113. The number of nitrogens with one attached hydrogen (secondary N) is 1. The van der Waals surface area contributed by atoms with E-state index in [0.29, 0.717) is 10.8 Å². The molecule has 2 aromatic rings. The SMILES string of the molecule is COc1ccc(NC(=O)CSc2ccc(Cl)cc2)c(C)c1. The molecule has 0 atom stereocenters. The molecular formula is C16H16ClNO2S. The van der Waals surface area contributed by atoms with Crippen molar-refractivity contribution in [1.29, 1.82) is 0 Å². The lowest BCUT2D eigenvalue weighted by Gasteiger charge is -2.09. The van der Waals surface area contributed by atoms with Crippen LogP contribution in [0.3, 0.4) is 0 Å². The number of carbonyl (C=O) groups excluding carboxylic acids is 1. The monoisotopic (exact) mass is 321 g/mol. The number of aryl methyl sites for hydroxylation is 1. The first-order valence-corrected chi connectivity index (χ1v) is 7.77. The Hall–Kier alpha value is -1.65. The summed E-state index contributed by atoms with van der Waals surface area (Å²) in [6.07, 6.45) is 0. The second-order valence-electron chi connectivity index (χ2n) is 4.47. The minimum Gasteiger partial charge on any atom is -0.497 e. The predicted octanol–water partition coefficient (Wildman–Crippen LogP) is 4.39. The molecule has 0 aliphatic carbocycles. The molecular weight excluding hydrogens is 306 g/mol. The van der Waals surface area contributed by atoms with E-state index < -0.39 is 0 Å². The van der Waals surface area contributed by atoms with Crippen LogP contribution in [-0.4, -0.2) is 18.8 Å². The lowest BCUT2D eigenvalue weighted by atomic mass is 10.2. The van der Waals surface area contributed by atoms with Gasteiger partial charge in [0, 0.05) is 15.6 Å². The first kappa shape index (κ1) is 15.7. The Morgan fingerprint density at radius 3 is 2.57 bits per heavy atom. The van der Waals surface area contributed by atoms with Crippen molar-refractivity contribution in [2.75, 3.05) is 18.2 Å². The summed E-state index contributed by atoms with van der Waals surface area (Å²) in [5.41, 5.74) is 1.77. The Kier molecular flexibility index (Phi) is 5.53. The number of carbonyl (C=O) groups is 1. The summed E-state index contributed by atoms with van der Waals surface area (Å²) >= 11 is 7.30. The van der Waals surface area contributed by atoms with Crippen LogP contribution in [0.25, 0.3) is 0 Å². The highest BCUT2D eigenvalue weighted by atomic mass is 35.5. The Labute approximate surface area is 133 Å². The smallest absolute Gasteiger partial charge is 0.234 e. The molecule has 2 rings (SSSR count). The van der Waals surface area contributed by atoms with Gasteiger partial charge in [-0.3, -0.25) is 4.79 Å². The summed E-state index contributed by atoms with van der Waals surface area (Å²) in [7, 11) is 1.62. The van der Waals surface area contributed by atoms with Gasteiger partial charge in [-0.1, -0.05) is 11.6 Å². The molecule has 0 aliphatic heterocycles. The topological polar surface area (TPSA) is 38.3 Å². The third-order valence-corrected chi connectivity index (χ3v) is 4.16. The van der Waals surface area contributed by atoms with Gasteiger partial charge < -0.3 is 10.1 Å². The molecule has 0 saturated carbocycles. The molecule has 1 N–H and O–H groups in total. The summed E-state index contributed by atoms with van der Waals surface area (Å²) in [6, 6.07) is 13.0. The fourth-order valence-electron chi connectivity index (χ4n) is 1.77. The number of hydrogen-bond donors (Lipinski definition) is 1. The molecule has 0 aliphatic rings. The van der Waals surface area contributed by atoms with Crippen molar-refractivity contribution in [3.63, 3.8) is 0 Å². The number of methoxy groups -OCH3 is 1. The number of ether oxygens (including phenoxy) is 1. The highest BCUT2D eigenvalue weighted by Gasteiger charge is 2.06.